The largest absolute Gasteiger partial charge is 0.362 e. The van der Waals surface area contributed by atoms with Gasteiger partial charge in [-0.05, 0) is 30.3 Å². The Labute approximate surface area is 171 Å². The first-order chi connectivity index (χ1) is 14.4. The molecule has 3 amide bonds. The number of hydroxylamine groups is 1. The summed E-state index contributed by atoms with van der Waals surface area (Å²) < 4.78 is 0. The number of benzene rings is 2. The van der Waals surface area contributed by atoms with Crippen LogP contribution >= 0.6 is 0 Å². The molecule has 2 aromatic rings. The van der Waals surface area contributed by atoms with E-state index >= 15 is 0 Å². The maximum atomic E-state index is 12.5. The van der Waals surface area contributed by atoms with E-state index in [2.05, 4.69) is 5.32 Å². The highest BCUT2D eigenvalue weighted by Crippen LogP contribution is 2.30. The predicted octanol–water partition coefficient (Wildman–Crippen LogP) is 1.94. The molecule has 30 heavy (non-hydrogen) atoms. The van der Waals surface area contributed by atoms with Crippen LogP contribution in [0.5, 0.6) is 0 Å². The average molecular weight is 410 g/mol. The first kappa shape index (κ1) is 20.6. The number of rotatable bonds is 4. The number of nitrogens with one attached hydrogen (secondary N) is 2. The number of anilines is 2. The molecule has 0 spiro atoms. The molecule has 3 rings (SSSR count). The number of nitro benzene ring substituents is 1. The van der Waals surface area contributed by atoms with E-state index in [0.29, 0.717) is 43.1 Å². The van der Waals surface area contributed by atoms with Gasteiger partial charge < -0.3 is 15.1 Å². The summed E-state index contributed by atoms with van der Waals surface area (Å²) in [4.78, 5) is 38.2. The van der Waals surface area contributed by atoms with Crippen LogP contribution in [0.1, 0.15) is 15.9 Å². The minimum atomic E-state index is -0.841. The molecule has 0 aliphatic carbocycles. The highest BCUT2D eigenvalue weighted by molar-refractivity contribution is 5.95. The fourth-order valence-electron chi connectivity index (χ4n) is 3.16. The van der Waals surface area contributed by atoms with E-state index in [-0.39, 0.29) is 17.3 Å². The molecule has 1 heterocycles. The second kappa shape index (κ2) is 8.89. The lowest BCUT2D eigenvalue weighted by atomic mass is 10.1. The normalized spacial score (nSPS) is 13.3. The van der Waals surface area contributed by atoms with E-state index in [0.717, 1.165) is 6.07 Å². The highest BCUT2D eigenvalue weighted by atomic mass is 16.6. The molecule has 1 fully saturated rings. The van der Waals surface area contributed by atoms with Crippen LogP contribution in [0.15, 0.2) is 42.5 Å². The number of hydrogen-bond donors (Lipinski definition) is 3. The standard InChI is InChI=1S/C19H18N6O5/c20-12-13-2-1-3-15(10-13)21-19(27)24-8-6-23(7-9-24)16-5-4-14(18(26)22-28)11-17(16)25(29)30/h1-5,10-11,28H,6-9H2,(H,21,27)(H,22,26). The molecular weight excluding hydrogens is 392 g/mol. The van der Waals surface area contributed by atoms with Gasteiger partial charge in [-0.1, -0.05) is 6.07 Å². The lowest BCUT2D eigenvalue weighted by molar-refractivity contribution is -0.384. The van der Waals surface area contributed by atoms with Crippen molar-refractivity contribution in [2.75, 3.05) is 36.4 Å². The fraction of sp³-hybridized carbons (Fsp3) is 0.211. The van der Waals surface area contributed by atoms with Crippen LogP contribution in [0.2, 0.25) is 0 Å². The van der Waals surface area contributed by atoms with Crippen molar-refractivity contribution >= 4 is 29.0 Å². The Bertz CT molecular complexity index is 1030. The van der Waals surface area contributed by atoms with Gasteiger partial charge in [-0.15, -0.1) is 0 Å². The summed E-state index contributed by atoms with van der Waals surface area (Å²) in [7, 11) is 0. The lowest BCUT2D eigenvalue weighted by Crippen LogP contribution is -2.50. The summed E-state index contributed by atoms with van der Waals surface area (Å²) in [5.74, 6) is -0.841. The zero-order valence-corrected chi connectivity index (χ0v) is 15.7. The van der Waals surface area contributed by atoms with Crippen molar-refractivity contribution in [3.63, 3.8) is 0 Å². The van der Waals surface area contributed by atoms with E-state index in [1.165, 1.54) is 17.6 Å². The van der Waals surface area contributed by atoms with E-state index < -0.39 is 10.8 Å². The van der Waals surface area contributed by atoms with Crippen molar-refractivity contribution in [2.45, 2.75) is 0 Å². The van der Waals surface area contributed by atoms with Crippen LogP contribution in [0.25, 0.3) is 0 Å². The number of nitriles is 1. The van der Waals surface area contributed by atoms with Crippen molar-refractivity contribution in [1.82, 2.24) is 10.4 Å². The monoisotopic (exact) mass is 410 g/mol. The Hall–Kier alpha value is -4.17. The van der Waals surface area contributed by atoms with Gasteiger partial charge in [-0.25, -0.2) is 10.3 Å². The third-order valence-electron chi connectivity index (χ3n) is 4.69. The zero-order chi connectivity index (χ0) is 21.7. The fourth-order valence-corrected chi connectivity index (χ4v) is 3.16. The van der Waals surface area contributed by atoms with Gasteiger partial charge in [-0.3, -0.25) is 20.1 Å². The number of nitrogens with zero attached hydrogens (tertiary/aromatic N) is 4. The first-order valence-corrected chi connectivity index (χ1v) is 8.97. The molecular formula is C19H18N6O5. The molecule has 0 radical (unpaired) electrons. The van der Waals surface area contributed by atoms with Crippen molar-refractivity contribution < 1.29 is 19.7 Å². The number of hydrogen-bond acceptors (Lipinski definition) is 7. The molecule has 1 saturated heterocycles. The predicted molar refractivity (Wildman–Crippen MR) is 106 cm³/mol. The second-order valence-corrected chi connectivity index (χ2v) is 6.50. The molecule has 0 unspecified atom stereocenters. The number of urea groups is 1. The van der Waals surface area contributed by atoms with Gasteiger partial charge in [0.15, 0.2) is 0 Å². The van der Waals surface area contributed by atoms with Crippen molar-refractivity contribution in [3.8, 4) is 6.07 Å². The first-order valence-electron chi connectivity index (χ1n) is 8.97. The summed E-state index contributed by atoms with van der Waals surface area (Å²) in [6, 6.07) is 12.2. The lowest BCUT2D eigenvalue weighted by Gasteiger charge is -2.35. The molecule has 3 N–H and O–H groups in total. The Morgan fingerprint density at radius 3 is 2.50 bits per heavy atom. The summed E-state index contributed by atoms with van der Waals surface area (Å²) in [6.45, 7) is 1.38. The van der Waals surface area contributed by atoms with E-state index in [9.17, 15) is 19.7 Å². The second-order valence-electron chi connectivity index (χ2n) is 6.50. The Morgan fingerprint density at radius 2 is 1.87 bits per heavy atom. The topological polar surface area (TPSA) is 152 Å². The number of carbonyl (C=O) groups excluding carboxylic acids is 2. The van der Waals surface area contributed by atoms with Gasteiger partial charge in [0.1, 0.15) is 5.69 Å². The minimum Gasteiger partial charge on any atom is -0.362 e. The molecule has 0 bridgehead atoms. The zero-order valence-electron chi connectivity index (χ0n) is 15.7. The third kappa shape index (κ3) is 4.45. The van der Waals surface area contributed by atoms with Crippen molar-refractivity contribution in [1.29, 1.82) is 5.26 Å². The van der Waals surface area contributed by atoms with E-state index in [1.807, 2.05) is 6.07 Å². The maximum absolute atomic E-state index is 12.5. The molecule has 0 aromatic heterocycles. The van der Waals surface area contributed by atoms with Crippen LogP contribution in [0, 0.1) is 21.4 Å². The molecule has 2 aromatic carbocycles. The van der Waals surface area contributed by atoms with Gasteiger partial charge in [0, 0.05) is 43.5 Å². The van der Waals surface area contributed by atoms with E-state index in [1.54, 1.807) is 34.1 Å². The molecule has 1 aliphatic rings. The van der Waals surface area contributed by atoms with Crippen molar-refractivity contribution in [2.24, 2.45) is 0 Å². The molecule has 1 aliphatic heterocycles. The van der Waals surface area contributed by atoms with Crippen LogP contribution < -0.4 is 15.7 Å². The summed E-state index contributed by atoms with van der Waals surface area (Å²) in [5.41, 5.74) is 2.42. The van der Waals surface area contributed by atoms with Gasteiger partial charge in [0.2, 0.25) is 0 Å². The Morgan fingerprint density at radius 1 is 1.13 bits per heavy atom. The van der Waals surface area contributed by atoms with Crippen LogP contribution in [0.3, 0.4) is 0 Å². The highest BCUT2D eigenvalue weighted by Gasteiger charge is 2.27. The third-order valence-corrected chi connectivity index (χ3v) is 4.69. The van der Waals surface area contributed by atoms with Crippen LogP contribution in [-0.2, 0) is 0 Å². The summed E-state index contributed by atoms with van der Waals surface area (Å²) in [6.07, 6.45) is 0. The number of piperazine rings is 1. The number of amides is 3. The van der Waals surface area contributed by atoms with Crippen LogP contribution in [0.4, 0.5) is 21.9 Å². The quantitative estimate of drug-likeness (QED) is 0.396. The Balaban J connectivity index is 1.67. The number of nitro groups is 1. The van der Waals surface area contributed by atoms with Gasteiger partial charge in [0.05, 0.1) is 16.6 Å². The minimum absolute atomic E-state index is 0.0365. The molecule has 11 nitrogen and oxygen atoms in total. The maximum Gasteiger partial charge on any atom is 0.321 e. The van der Waals surface area contributed by atoms with Crippen molar-refractivity contribution in [3.05, 3.63) is 63.7 Å². The number of carbonyl (C=O) groups is 2. The SMILES string of the molecule is N#Cc1cccc(NC(=O)N2CCN(c3ccc(C(=O)NO)cc3[N+](=O)[O-])CC2)c1. The summed E-state index contributed by atoms with van der Waals surface area (Å²) in [5, 5.41) is 31.8. The Kier molecular flexibility index (Phi) is 6.09. The summed E-state index contributed by atoms with van der Waals surface area (Å²) >= 11 is 0. The van der Waals surface area contributed by atoms with Gasteiger partial charge in [-0.2, -0.15) is 5.26 Å². The smallest absolute Gasteiger partial charge is 0.321 e. The average Bonchev–Trinajstić information content (AvgIpc) is 2.78. The van der Waals surface area contributed by atoms with Gasteiger partial charge >= 0.3 is 6.03 Å². The molecule has 0 saturated carbocycles. The molecule has 11 heteroatoms. The van der Waals surface area contributed by atoms with Crippen LogP contribution in [-0.4, -0.2) is 53.1 Å². The van der Waals surface area contributed by atoms with Gasteiger partial charge in [0.25, 0.3) is 11.6 Å². The van der Waals surface area contributed by atoms with E-state index in [4.69, 9.17) is 10.5 Å². The molecule has 154 valence electrons. The molecule has 0 atom stereocenters.